The molecule has 0 spiro atoms. The van der Waals surface area contributed by atoms with Crippen LogP contribution >= 0.6 is 15.9 Å². The molecule has 0 aliphatic carbocycles. The molecule has 0 unspecified atom stereocenters. The number of amides is 2. The van der Waals surface area contributed by atoms with Crippen molar-refractivity contribution >= 4 is 38.6 Å². The number of carbonyl (C=O) groups excluding carboxylic acids is 2. The minimum absolute atomic E-state index is 0.112. The lowest BCUT2D eigenvalue weighted by atomic mass is 10.1. The zero-order chi connectivity index (χ0) is 21.2. The summed E-state index contributed by atoms with van der Waals surface area (Å²) in [6.07, 6.45) is -4.45. The van der Waals surface area contributed by atoms with Gasteiger partial charge < -0.3 is 15.2 Å². The summed E-state index contributed by atoms with van der Waals surface area (Å²) in [5.41, 5.74) is 0.656. The molecule has 2 N–H and O–H groups in total. The van der Waals surface area contributed by atoms with Crippen LogP contribution in [-0.4, -0.2) is 29.5 Å². The number of carbonyl (C=O) groups is 2. The first kappa shape index (κ1) is 20.9. The van der Waals surface area contributed by atoms with Gasteiger partial charge in [0.25, 0.3) is 11.8 Å². The number of fused-ring (bicyclic) bond motifs is 1. The molecule has 2 aromatic carbocycles. The second-order valence-corrected chi connectivity index (χ2v) is 7.12. The molecule has 29 heavy (non-hydrogen) atoms. The van der Waals surface area contributed by atoms with Crippen LogP contribution in [0, 0.1) is 0 Å². The summed E-state index contributed by atoms with van der Waals surface area (Å²) in [6, 6.07) is 11.5. The highest BCUT2D eigenvalue weighted by Gasteiger charge is 2.30. The summed E-state index contributed by atoms with van der Waals surface area (Å²) >= 11 is 3.45. The molecule has 152 valence electrons. The number of benzene rings is 2. The number of alkyl halides is 3. The van der Waals surface area contributed by atoms with Crippen molar-refractivity contribution < 1.29 is 22.8 Å². The number of nitrogens with one attached hydrogen (secondary N) is 2. The van der Waals surface area contributed by atoms with E-state index in [-0.39, 0.29) is 24.6 Å². The van der Waals surface area contributed by atoms with Gasteiger partial charge in [0.05, 0.1) is 10.0 Å². The van der Waals surface area contributed by atoms with Crippen LogP contribution in [-0.2, 0) is 13.2 Å². The Morgan fingerprint density at radius 2 is 1.55 bits per heavy atom. The number of para-hydroxylation sites is 1. The molecule has 0 aliphatic heterocycles. The monoisotopic (exact) mass is 467 g/mol. The molecule has 1 aromatic heterocycles. The molecule has 2 amide bonds. The standard InChI is InChI=1S/C20H17BrF3N3O2/c1-27-15-5-3-2-4-14(15)16(21)17(27)19(29)26-11-10-25-18(28)12-6-8-13(9-7-12)20(22,23)24/h2-9H,10-11H2,1H3,(H,25,28)(H,26,29). The third-order valence-electron chi connectivity index (χ3n) is 4.43. The highest BCUT2D eigenvalue weighted by Crippen LogP contribution is 2.30. The van der Waals surface area contributed by atoms with Gasteiger partial charge in [-0.25, -0.2) is 0 Å². The summed E-state index contributed by atoms with van der Waals surface area (Å²) in [4.78, 5) is 24.6. The van der Waals surface area contributed by atoms with Crippen molar-refractivity contribution in [1.82, 2.24) is 15.2 Å². The van der Waals surface area contributed by atoms with Crippen molar-refractivity contribution in [3.63, 3.8) is 0 Å². The fourth-order valence-electron chi connectivity index (χ4n) is 2.95. The van der Waals surface area contributed by atoms with E-state index in [9.17, 15) is 22.8 Å². The van der Waals surface area contributed by atoms with Crippen molar-refractivity contribution in [2.75, 3.05) is 13.1 Å². The quantitative estimate of drug-likeness (QED) is 0.554. The van der Waals surface area contributed by atoms with Crippen LogP contribution in [0.5, 0.6) is 0 Å². The third kappa shape index (κ3) is 4.45. The first-order valence-electron chi connectivity index (χ1n) is 8.66. The number of hydrogen-bond acceptors (Lipinski definition) is 2. The lowest BCUT2D eigenvalue weighted by Crippen LogP contribution is -2.35. The molecule has 3 rings (SSSR count). The fraction of sp³-hybridized carbons (Fsp3) is 0.200. The number of aryl methyl sites for hydroxylation is 1. The van der Waals surface area contributed by atoms with E-state index >= 15 is 0 Å². The molecular weight excluding hydrogens is 451 g/mol. The van der Waals surface area contributed by atoms with Crippen molar-refractivity contribution in [3.05, 3.63) is 69.8 Å². The Bertz CT molecular complexity index is 1020. The van der Waals surface area contributed by atoms with Crippen LogP contribution in [0.2, 0.25) is 0 Å². The van der Waals surface area contributed by atoms with Crippen molar-refractivity contribution in [1.29, 1.82) is 0 Å². The summed E-state index contributed by atoms with van der Waals surface area (Å²) in [7, 11) is 1.79. The smallest absolute Gasteiger partial charge is 0.350 e. The second kappa shape index (κ2) is 8.28. The van der Waals surface area contributed by atoms with Gasteiger partial charge in [-0.1, -0.05) is 18.2 Å². The minimum Gasteiger partial charge on any atom is -0.350 e. The molecule has 0 atom stereocenters. The van der Waals surface area contributed by atoms with Crippen LogP contribution in [0.4, 0.5) is 13.2 Å². The number of rotatable bonds is 5. The maximum absolute atomic E-state index is 12.6. The summed E-state index contributed by atoms with van der Waals surface area (Å²) in [5, 5.41) is 6.20. The number of aromatic nitrogens is 1. The zero-order valence-corrected chi connectivity index (χ0v) is 16.9. The van der Waals surface area contributed by atoms with Crippen molar-refractivity contribution in [2.24, 2.45) is 7.05 Å². The number of nitrogens with zero attached hydrogens (tertiary/aromatic N) is 1. The molecule has 5 nitrogen and oxygen atoms in total. The highest BCUT2D eigenvalue weighted by atomic mass is 79.9. The molecule has 0 bridgehead atoms. The summed E-state index contributed by atoms with van der Waals surface area (Å²) < 4.78 is 40.1. The highest BCUT2D eigenvalue weighted by molar-refractivity contribution is 9.10. The van der Waals surface area contributed by atoms with Gasteiger partial charge in [0.15, 0.2) is 0 Å². The van der Waals surface area contributed by atoms with Crippen molar-refractivity contribution in [2.45, 2.75) is 6.18 Å². The Labute approximate surface area is 173 Å². The van der Waals surface area contributed by atoms with Gasteiger partial charge in [0.1, 0.15) is 5.69 Å². The van der Waals surface area contributed by atoms with E-state index in [1.54, 1.807) is 11.6 Å². The van der Waals surface area contributed by atoms with E-state index in [1.165, 1.54) is 0 Å². The lowest BCUT2D eigenvalue weighted by Gasteiger charge is -2.10. The molecule has 0 saturated heterocycles. The molecule has 3 aromatic rings. The van der Waals surface area contributed by atoms with E-state index in [2.05, 4.69) is 26.6 Å². The Morgan fingerprint density at radius 1 is 0.966 bits per heavy atom. The maximum Gasteiger partial charge on any atom is 0.416 e. The summed E-state index contributed by atoms with van der Waals surface area (Å²) in [6.45, 7) is 0.298. The molecule has 0 radical (unpaired) electrons. The van der Waals surface area contributed by atoms with Crippen LogP contribution < -0.4 is 10.6 Å². The van der Waals surface area contributed by atoms with Gasteiger partial charge in [0, 0.05) is 36.6 Å². The van der Waals surface area contributed by atoms with Gasteiger partial charge in [-0.05, 0) is 46.3 Å². The number of hydrogen-bond donors (Lipinski definition) is 2. The van der Waals surface area contributed by atoms with Crippen LogP contribution in [0.1, 0.15) is 26.4 Å². The Hall–Kier alpha value is -2.81. The molecule has 0 aliphatic rings. The van der Waals surface area contributed by atoms with Crippen molar-refractivity contribution in [3.8, 4) is 0 Å². The Balaban J connectivity index is 1.55. The predicted molar refractivity (Wildman–Crippen MR) is 107 cm³/mol. The SMILES string of the molecule is Cn1c(C(=O)NCCNC(=O)c2ccc(C(F)(F)F)cc2)c(Br)c2ccccc21. The Kier molecular flexibility index (Phi) is 5.97. The van der Waals surface area contributed by atoms with Gasteiger partial charge in [0.2, 0.25) is 0 Å². The van der Waals surface area contributed by atoms with Gasteiger partial charge in [-0.2, -0.15) is 13.2 Å². The van der Waals surface area contributed by atoms with Gasteiger partial charge in [-0.15, -0.1) is 0 Å². The average molecular weight is 468 g/mol. The molecule has 0 saturated carbocycles. The zero-order valence-electron chi connectivity index (χ0n) is 15.3. The van der Waals surface area contributed by atoms with Crippen LogP contribution in [0.25, 0.3) is 10.9 Å². The number of halogens is 4. The largest absolute Gasteiger partial charge is 0.416 e. The van der Waals surface area contributed by atoms with E-state index in [1.807, 2.05) is 24.3 Å². The second-order valence-electron chi connectivity index (χ2n) is 6.33. The third-order valence-corrected chi connectivity index (χ3v) is 5.23. The minimum atomic E-state index is -4.45. The molecule has 0 fully saturated rings. The Morgan fingerprint density at radius 3 is 2.14 bits per heavy atom. The molecular formula is C20H17BrF3N3O2. The maximum atomic E-state index is 12.6. The summed E-state index contributed by atoms with van der Waals surface area (Å²) in [5.74, 6) is -0.821. The first-order valence-corrected chi connectivity index (χ1v) is 9.46. The normalized spacial score (nSPS) is 11.5. The van der Waals surface area contributed by atoms with Gasteiger partial charge >= 0.3 is 6.18 Å². The molecule has 9 heteroatoms. The fourth-order valence-corrected chi connectivity index (χ4v) is 3.73. The van der Waals surface area contributed by atoms with Gasteiger partial charge in [-0.3, -0.25) is 9.59 Å². The topological polar surface area (TPSA) is 63.1 Å². The van der Waals surface area contributed by atoms with E-state index < -0.39 is 17.6 Å². The van der Waals surface area contributed by atoms with E-state index in [0.29, 0.717) is 10.2 Å². The van der Waals surface area contributed by atoms with Crippen LogP contribution in [0.15, 0.2) is 53.0 Å². The molecule has 1 heterocycles. The predicted octanol–water partition coefficient (Wildman–Crippen LogP) is 4.12. The first-order chi connectivity index (χ1) is 13.7. The lowest BCUT2D eigenvalue weighted by molar-refractivity contribution is -0.137. The average Bonchev–Trinajstić information content (AvgIpc) is 2.95. The van der Waals surface area contributed by atoms with E-state index in [0.717, 1.165) is 35.2 Å². The van der Waals surface area contributed by atoms with Crippen LogP contribution in [0.3, 0.4) is 0 Å². The van der Waals surface area contributed by atoms with E-state index in [4.69, 9.17) is 0 Å².